The number of sulfone groups is 1. The molecule has 6 heteroatoms. The summed E-state index contributed by atoms with van der Waals surface area (Å²) in [6, 6.07) is 6.32. The molecule has 19 heavy (non-hydrogen) atoms. The summed E-state index contributed by atoms with van der Waals surface area (Å²) in [5.74, 6) is -0.870. The number of carbonyl (C=O) groups is 1. The predicted molar refractivity (Wildman–Crippen MR) is 70.9 cm³/mol. The molecule has 0 bridgehead atoms. The van der Waals surface area contributed by atoms with E-state index in [4.69, 9.17) is 9.84 Å². The van der Waals surface area contributed by atoms with Crippen LogP contribution in [-0.4, -0.2) is 38.5 Å². The molecule has 106 valence electrons. The molecule has 0 spiro atoms. The van der Waals surface area contributed by atoms with Crippen molar-refractivity contribution in [2.75, 3.05) is 13.7 Å². The van der Waals surface area contributed by atoms with Crippen molar-refractivity contribution in [1.82, 2.24) is 0 Å². The molecular formula is C13H18O5S. The van der Waals surface area contributed by atoms with Crippen molar-refractivity contribution in [2.24, 2.45) is 0 Å². The second-order valence-corrected chi connectivity index (χ2v) is 6.71. The van der Waals surface area contributed by atoms with E-state index in [1.807, 2.05) is 0 Å². The van der Waals surface area contributed by atoms with Gasteiger partial charge in [-0.05, 0) is 31.0 Å². The maximum Gasteiger partial charge on any atom is 0.303 e. The Bertz CT molecular complexity index is 518. The first-order valence-corrected chi connectivity index (χ1v) is 7.46. The second kappa shape index (κ2) is 6.68. The Labute approximate surface area is 113 Å². The fourth-order valence-electron chi connectivity index (χ4n) is 1.65. The number of rotatable bonds is 7. The summed E-state index contributed by atoms with van der Waals surface area (Å²) in [7, 11) is -1.93. The molecule has 1 rings (SSSR count). The van der Waals surface area contributed by atoms with Crippen LogP contribution in [0.4, 0.5) is 0 Å². The van der Waals surface area contributed by atoms with E-state index in [9.17, 15) is 13.2 Å². The second-order valence-electron chi connectivity index (χ2n) is 4.35. The summed E-state index contributed by atoms with van der Waals surface area (Å²) in [6.07, 6.45) is 0.426. The molecule has 0 heterocycles. The van der Waals surface area contributed by atoms with Gasteiger partial charge in [-0.2, -0.15) is 0 Å². The Morgan fingerprint density at radius 1 is 1.32 bits per heavy atom. The van der Waals surface area contributed by atoms with Crippen molar-refractivity contribution < 1.29 is 23.1 Å². The van der Waals surface area contributed by atoms with Gasteiger partial charge in [0.1, 0.15) is 0 Å². The highest BCUT2D eigenvalue weighted by Gasteiger charge is 2.22. The van der Waals surface area contributed by atoms with E-state index in [0.717, 1.165) is 5.56 Å². The van der Waals surface area contributed by atoms with Gasteiger partial charge in [-0.3, -0.25) is 4.79 Å². The molecule has 0 amide bonds. The van der Waals surface area contributed by atoms with E-state index < -0.39 is 21.1 Å². The van der Waals surface area contributed by atoms with Crippen molar-refractivity contribution in [2.45, 2.75) is 29.9 Å². The lowest BCUT2D eigenvalue weighted by Crippen LogP contribution is -2.22. The topological polar surface area (TPSA) is 80.7 Å². The molecule has 1 atom stereocenters. The minimum absolute atomic E-state index is 0.0339. The molecule has 0 fully saturated rings. The quantitative estimate of drug-likeness (QED) is 0.821. The van der Waals surface area contributed by atoms with E-state index in [0.29, 0.717) is 6.42 Å². The molecule has 0 aliphatic heterocycles. The standard InChI is InChI=1S/C13H18O5S/c1-10(9-18-2)19(16,17)12-6-3-11(4-7-12)5-8-13(14)15/h3-4,6-7,10H,5,8-9H2,1-2H3,(H,14,15). The van der Waals surface area contributed by atoms with Crippen molar-refractivity contribution in [1.29, 1.82) is 0 Å². The summed E-state index contributed by atoms with van der Waals surface area (Å²) in [5.41, 5.74) is 0.806. The number of benzene rings is 1. The van der Waals surface area contributed by atoms with Crippen molar-refractivity contribution >= 4 is 15.8 Å². The van der Waals surface area contributed by atoms with Gasteiger partial charge in [-0.15, -0.1) is 0 Å². The number of hydrogen-bond acceptors (Lipinski definition) is 4. The zero-order valence-electron chi connectivity index (χ0n) is 11.0. The average molecular weight is 286 g/mol. The van der Waals surface area contributed by atoms with Gasteiger partial charge in [0.05, 0.1) is 16.8 Å². The van der Waals surface area contributed by atoms with Crippen LogP contribution in [-0.2, 0) is 25.8 Å². The lowest BCUT2D eigenvalue weighted by atomic mass is 10.1. The van der Waals surface area contributed by atoms with Gasteiger partial charge in [0.2, 0.25) is 0 Å². The average Bonchev–Trinajstić information content (AvgIpc) is 2.37. The van der Waals surface area contributed by atoms with Gasteiger partial charge >= 0.3 is 5.97 Å². The molecule has 0 aromatic heterocycles. The maximum atomic E-state index is 12.1. The highest BCUT2D eigenvalue weighted by atomic mass is 32.2. The van der Waals surface area contributed by atoms with Crippen molar-refractivity contribution in [3.05, 3.63) is 29.8 Å². The van der Waals surface area contributed by atoms with Crippen molar-refractivity contribution in [3.63, 3.8) is 0 Å². The van der Waals surface area contributed by atoms with Gasteiger partial charge in [0, 0.05) is 13.5 Å². The number of carboxylic acid groups (broad SMARTS) is 1. The SMILES string of the molecule is COCC(C)S(=O)(=O)c1ccc(CCC(=O)O)cc1. The van der Waals surface area contributed by atoms with Crippen LogP contribution in [0.2, 0.25) is 0 Å². The Balaban J connectivity index is 2.83. The molecule has 1 aromatic rings. The Hall–Kier alpha value is -1.40. The molecule has 1 aromatic carbocycles. The summed E-state index contributed by atoms with van der Waals surface area (Å²) in [6.45, 7) is 1.74. The summed E-state index contributed by atoms with van der Waals surface area (Å²) < 4.78 is 29.1. The summed E-state index contributed by atoms with van der Waals surface area (Å²) >= 11 is 0. The van der Waals surface area contributed by atoms with E-state index in [-0.39, 0.29) is 17.9 Å². The highest BCUT2D eigenvalue weighted by Crippen LogP contribution is 2.17. The molecule has 0 aliphatic rings. The van der Waals surface area contributed by atoms with Crippen LogP contribution in [0.25, 0.3) is 0 Å². The van der Waals surface area contributed by atoms with E-state index in [1.54, 1.807) is 19.1 Å². The Kier molecular flexibility index (Phi) is 5.50. The van der Waals surface area contributed by atoms with E-state index >= 15 is 0 Å². The summed E-state index contributed by atoms with van der Waals surface area (Å²) in [4.78, 5) is 10.7. The zero-order valence-corrected chi connectivity index (χ0v) is 11.8. The normalized spacial score (nSPS) is 13.2. The van der Waals surface area contributed by atoms with Crippen LogP contribution in [0.3, 0.4) is 0 Å². The molecule has 0 saturated heterocycles. The largest absolute Gasteiger partial charge is 0.481 e. The number of aryl methyl sites for hydroxylation is 1. The van der Waals surface area contributed by atoms with Gasteiger partial charge in [0.15, 0.2) is 9.84 Å². The fraction of sp³-hybridized carbons (Fsp3) is 0.462. The molecule has 0 radical (unpaired) electrons. The lowest BCUT2D eigenvalue weighted by molar-refractivity contribution is -0.136. The third kappa shape index (κ3) is 4.33. The first kappa shape index (κ1) is 15.7. The monoisotopic (exact) mass is 286 g/mol. The maximum absolute atomic E-state index is 12.1. The van der Waals surface area contributed by atoms with Crippen LogP contribution in [0.5, 0.6) is 0 Å². The number of aliphatic carboxylic acids is 1. The minimum Gasteiger partial charge on any atom is -0.481 e. The fourth-order valence-corrected chi connectivity index (χ4v) is 2.95. The van der Waals surface area contributed by atoms with Crippen LogP contribution >= 0.6 is 0 Å². The molecule has 1 unspecified atom stereocenters. The van der Waals surface area contributed by atoms with Crippen LogP contribution < -0.4 is 0 Å². The molecule has 0 saturated carbocycles. The van der Waals surface area contributed by atoms with Crippen LogP contribution in [0.15, 0.2) is 29.2 Å². The smallest absolute Gasteiger partial charge is 0.303 e. The van der Waals surface area contributed by atoms with Crippen LogP contribution in [0.1, 0.15) is 18.9 Å². The summed E-state index contributed by atoms with van der Waals surface area (Å²) in [5, 5.41) is 7.97. The third-order valence-corrected chi connectivity index (χ3v) is 4.94. The molecule has 5 nitrogen and oxygen atoms in total. The number of carboxylic acids is 1. The minimum atomic E-state index is -3.39. The van der Waals surface area contributed by atoms with Crippen molar-refractivity contribution in [3.8, 4) is 0 Å². The van der Waals surface area contributed by atoms with E-state index in [2.05, 4.69) is 0 Å². The molecular weight excluding hydrogens is 268 g/mol. The third-order valence-electron chi connectivity index (χ3n) is 2.81. The molecule has 0 aliphatic carbocycles. The first-order valence-electron chi connectivity index (χ1n) is 5.91. The van der Waals surface area contributed by atoms with Gasteiger partial charge < -0.3 is 9.84 Å². The van der Waals surface area contributed by atoms with Gasteiger partial charge in [-0.1, -0.05) is 12.1 Å². The van der Waals surface area contributed by atoms with E-state index in [1.165, 1.54) is 19.2 Å². The Morgan fingerprint density at radius 3 is 2.37 bits per heavy atom. The van der Waals surface area contributed by atoms with Gasteiger partial charge in [0.25, 0.3) is 0 Å². The predicted octanol–water partition coefficient (Wildman–Crippen LogP) is 1.51. The zero-order chi connectivity index (χ0) is 14.5. The number of hydrogen-bond donors (Lipinski definition) is 1. The molecule has 1 N–H and O–H groups in total. The Morgan fingerprint density at radius 2 is 1.89 bits per heavy atom. The number of ether oxygens (including phenoxy) is 1. The first-order chi connectivity index (χ1) is 8.87. The van der Waals surface area contributed by atoms with Gasteiger partial charge in [-0.25, -0.2) is 8.42 Å². The lowest BCUT2D eigenvalue weighted by Gasteiger charge is -2.12. The number of methoxy groups -OCH3 is 1. The van der Waals surface area contributed by atoms with Crippen LogP contribution in [0, 0.1) is 0 Å². The highest BCUT2D eigenvalue weighted by molar-refractivity contribution is 7.92.